The maximum absolute atomic E-state index is 12.1. The van der Waals surface area contributed by atoms with Gasteiger partial charge in [-0.15, -0.1) is 0 Å². The van der Waals surface area contributed by atoms with E-state index in [2.05, 4.69) is 11.4 Å². The van der Waals surface area contributed by atoms with Crippen LogP contribution in [-0.4, -0.2) is 25.3 Å². The molecule has 0 aliphatic carbocycles. The van der Waals surface area contributed by atoms with Crippen LogP contribution in [0.15, 0.2) is 42.5 Å². The molecule has 0 unspecified atom stereocenters. The van der Waals surface area contributed by atoms with Crippen LogP contribution in [0, 0.1) is 0 Å². The van der Waals surface area contributed by atoms with Gasteiger partial charge in [-0.3, -0.25) is 4.79 Å². The first-order valence-electron chi connectivity index (χ1n) is 7.04. The van der Waals surface area contributed by atoms with Gasteiger partial charge in [-0.05, 0) is 29.8 Å². The molecule has 6 heteroatoms. The number of amides is 1. The topological polar surface area (TPSA) is 38.3 Å². The zero-order valence-electron chi connectivity index (χ0n) is 12.6. The summed E-state index contributed by atoms with van der Waals surface area (Å²) >= 11 is 13.8. The highest BCUT2D eigenvalue weighted by Gasteiger charge is 2.13. The van der Waals surface area contributed by atoms with E-state index in [4.69, 9.17) is 27.9 Å². The van der Waals surface area contributed by atoms with E-state index in [1.54, 1.807) is 37.1 Å². The van der Waals surface area contributed by atoms with Crippen LogP contribution >= 0.6 is 35.0 Å². The van der Waals surface area contributed by atoms with E-state index in [9.17, 15) is 4.79 Å². The first kappa shape index (κ1) is 18.0. The normalized spacial score (nSPS) is 10.4. The molecule has 0 radical (unpaired) electrons. The van der Waals surface area contributed by atoms with Gasteiger partial charge in [0, 0.05) is 18.1 Å². The molecular weight excluding hydrogens is 353 g/mol. The number of benzene rings is 2. The maximum atomic E-state index is 12.1. The summed E-state index contributed by atoms with van der Waals surface area (Å²) in [6.45, 7) is 0.551. The molecule has 122 valence electrons. The summed E-state index contributed by atoms with van der Waals surface area (Å²) in [5.74, 6) is 2.26. The summed E-state index contributed by atoms with van der Waals surface area (Å²) in [6.07, 6.45) is 0. The number of methoxy groups -OCH3 is 1. The summed E-state index contributed by atoms with van der Waals surface area (Å²) in [5.41, 5.74) is 1.52. The predicted molar refractivity (Wildman–Crippen MR) is 98.0 cm³/mol. The van der Waals surface area contributed by atoms with Gasteiger partial charge in [-0.2, -0.15) is 11.8 Å². The zero-order valence-corrected chi connectivity index (χ0v) is 15.0. The lowest BCUT2D eigenvalue weighted by Crippen LogP contribution is -2.26. The van der Waals surface area contributed by atoms with E-state index in [1.165, 1.54) is 5.56 Å². The molecule has 3 nitrogen and oxygen atoms in total. The van der Waals surface area contributed by atoms with Crippen LogP contribution in [0.25, 0.3) is 0 Å². The monoisotopic (exact) mass is 369 g/mol. The second kappa shape index (κ2) is 9.06. The number of halogens is 2. The molecule has 1 N–H and O–H groups in total. The molecule has 0 heterocycles. The fourth-order valence-corrected chi connectivity index (χ4v) is 3.37. The SMILES string of the molecule is COc1cccc(CSCCNC(=O)c2c(Cl)cccc2Cl)c1. The molecular formula is C17H17Cl2NO2S. The van der Waals surface area contributed by atoms with Crippen molar-refractivity contribution in [3.8, 4) is 5.75 Å². The average Bonchev–Trinajstić information content (AvgIpc) is 2.54. The third kappa shape index (κ3) is 5.34. The Balaban J connectivity index is 1.76. The van der Waals surface area contributed by atoms with Gasteiger partial charge in [-0.1, -0.05) is 41.4 Å². The van der Waals surface area contributed by atoms with Crippen molar-refractivity contribution in [2.75, 3.05) is 19.4 Å². The highest BCUT2D eigenvalue weighted by atomic mass is 35.5. The Labute approximate surface area is 150 Å². The third-order valence-electron chi connectivity index (χ3n) is 3.12. The van der Waals surface area contributed by atoms with E-state index >= 15 is 0 Å². The standard InChI is InChI=1S/C17H17Cl2NO2S/c1-22-13-5-2-4-12(10-13)11-23-9-8-20-17(21)16-14(18)6-3-7-15(16)19/h2-7,10H,8-9,11H2,1H3,(H,20,21). The number of hydrogen-bond donors (Lipinski definition) is 1. The van der Waals surface area contributed by atoms with Crippen LogP contribution in [0.3, 0.4) is 0 Å². The van der Waals surface area contributed by atoms with Gasteiger partial charge < -0.3 is 10.1 Å². The highest BCUT2D eigenvalue weighted by Crippen LogP contribution is 2.24. The molecule has 0 aliphatic heterocycles. The van der Waals surface area contributed by atoms with Crippen molar-refractivity contribution in [2.24, 2.45) is 0 Å². The Morgan fingerprint density at radius 1 is 1.17 bits per heavy atom. The van der Waals surface area contributed by atoms with Crippen molar-refractivity contribution in [1.82, 2.24) is 5.32 Å². The molecule has 23 heavy (non-hydrogen) atoms. The Bertz CT molecular complexity index is 659. The van der Waals surface area contributed by atoms with Crippen molar-refractivity contribution in [1.29, 1.82) is 0 Å². The number of carbonyl (C=O) groups is 1. The minimum Gasteiger partial charge on any atom is -0.497 e. The number of nitrogens with one attached hydrogen (secondary N) is 1. The van der Waals surface area contributed by atoms with E-state index in [1.807, 2.05) is 18.2 Å². The summed E-state index contributed by atoms with van der Waals surface area (Å²) < 4.78 is 5.19. The Morgan fingerprint density at radius 3 is 2.57 bits per heavy atom. The van der Waals surface area contributed by atoms with Gasteiger partial charge in [0.15, 0.2) is 0 Å². The van der Waals surface area contributed by atoms with E-state index < -0.39 is 0 Å². The number of carbonyl (C=O) groups excluding carboxylic acids is 1. The largest absolute Gasteiger partial charge is 0.497 e. The van der Waals surface area contributed by atoms with E-state index in [-0.39, 0.29) is 5.91 Å². The van der Waals surface area contributed by atoms with Crippen LogP contribution in [0.5, 0.6) is 5.75 Å². The Hall–Kier alpha value is -1.36. The molecule has 0 atom stereocenters. The van der Waals surface area contributed by atoms with Gasteiger partial charge in [0.25, 0.3) is 5.91 Å². The number of ether oxygens (including phenoxy) is 1. The van der Waals surface area contributed by atoms with Gasteiger partial charge in [0.2, 0.25) is 0 Å². The van der Waals surface area contributed by atoms with E-state index in [0.29, 0.717) is 22.2 Å². The Kier molecular flexibility index (Phi) is 7.09. The second-order valence-electron chi connectivity index (χ2n) is 4.76. The molecule has 0 spiro atoms. The molecule has 0 fully saturated rings. The first-order chi connectivity index (χ1) is 11.1. The molecule has 0 aliphatic rings. The quantitative estimate of drug-likeness (QED) is 0.720. The van der Waals surface area contributed by atoms with Gasteiger partial charge >= 0.3 is 0 Å². The van der Waals surface area contributed by atoms with Crippen molar-refractivity contribution < 1.29 is 9.53 Å². The maximum Gasteiger partial charge on any atom is 0.254 e. The molecule has 0 saturated carbocycles. The van der Waals surface area contributed by atoms with Crippen molar-refractivity contribution in [2.45, 2.75) is 5.75 Å². The molecule has 1 amide bonds. The molecule has 0 saturated heterocycles. The fourth-order valence-electron chi connectivity index (χ4n) is 1.99. The summed E-state index contributed by atoms with van der Waals surface area (Å²) in [5, 5.41) is 3.56. The number of rotatable bonds is 7. The van der Waals surface area contributed by atoms with Crippen LogP contribution in [0.4, 0.5) is 0 Å². The Morgan fingerprint density at radius 2 is 1.87 bits per heavy atom. The first-order valence-corrected chi connectivity index (χ1v) is 8.95. The smallest absolute Gasteiger partial charge is 0.254 e. The molecule has 2 aromatic carbocycles. The highest BCUT2D eigenvalue weighted by molar-refractivity contribution is 7.98. The van der Waals surface area contributed by atoms with Crippen molar-refractivity contribution >= 4 is 40.9 Å². The number of hydrogen-bond acceptors (Lipinski definition) is 3. The number of thioether (sulfide) groups is 1. The van der Waals surface area contributed by atoms with E-state index in [0.717, 1.165) is 17.3 Å². The lowest BCUT2D eigenvalue weighted by Gasteiger charge is -2.08. The van der Waals surface area contributed by atoms with Gasteiger partial charge in [-0.25, -0.2) is 0 Å². The predicted octanol–water partition coefficient (Wildman–Crippen LogP) is 4.67. The summed E-state index contributed by atoms with van der Waals surface area (Å²) in [6, 6.07) is 13.0. The molecule has 0 aromatic heterocycles. The lowest BCUT2D eigenvalue weighted by molar-refractivity contribution is 0.0956. The lowest BCUT2D eigenvalue weighted by atomic mass is 10.2. The molecule has 0 bridgehead atoms. The van der Waals surface area contributed by atoms with Gasteiger partial charge in [0.05, 0.1) is 22.7 Å². The summed E-state index contributed by atoms with van der Waals surface area (Å²) in [4.78, 5) is 12.1. The van der Waals surface area contributed by atoms with Crippen molar-refractivity contribution in [3.05, 3.63) is 63.6 Å². The van der Waals surface area contributed by atoms with Gasteiger partial charge in [0.1, 0.15) is 5.75 Å². The fraction of sp³-hybridized carbons (Fsp3) is 0.235. The zero-order chi connectivity index (χ0) is 16.7. The van der Waals surface area contributed by atoms with Crippen LogP contribution in [-0.2, 0) is 5.75 Å². The van der Waals surface area contributed by atoms with Crippen LogP contribution < -0.4 is 10.1 Å². The minimum atomic E-state index is -0.248. The van der Waals surface area contributed by atoms with Crippen molar-refractivity contribution in [3.63, 3.8) is 0 Å². The third-order valence-corrected chi connectivity index (χ3v) is 4.78. The van der Waals surface area contributed by atoms with Crippen LogP contribution in [0.1, 0.15) is 15.9 Å². The molecule has 2 rings (SSSR count). The second-order valence-corrected chi connectivity index (χ2v) is 6.68. The molecule has 2 aromatic rings. The average molecular weight is 370 g/mol. The minimum absolute atomic E-state index is 0.248. The summed E-state index contributed by atoms with van der Waals surface area (Å²) in [7, 11) is 1.65. The van der Waals surface area contributed by atoms with Crippen LogP contribution in [0.2, 0.25) is 10.0 Å².